The normalized spacial score (nSPS) is 16.5. The molecule has 1 N–H and O–H groups in total. The lowest BCUT2D eigenvalue weighted by atomic mass is 9.93. The first-order valence-corrected chi connectivity index (χ1v) is 7.20. The van der Waals surface area contributed by atoms with Gasteiger partial charge in [-0.25, -0.2) is 0 Å². The Kier molecular flexibility index (Phi) is 5.20. The summed E-state index contributed by atoms with van der Waals surface area (Å²) >= 11 is 3.35. The van der Waals surface area contributed by atoms with Crippen molar-refractivity contribution in [3.8, 4) is 5.75 Å². The molecule has 3 nitrogen and oxygen atoms in total. The van der Waals surface area contributed by atoms with Crippen LogP contribution in [-0.2, 0) is 4.79 Å². The largest absolute Gasteiger partial charge is 0.427 e. The van der Waals surface area contributed by atoms with Crippen molar-refractivity contribution in [1.82, 2.24) is 5.32 Å². The predicted molar refractivity (Wildman–Crippen MR) is 74.6 cm³/mol. The molecule has 1 aromatic rings. The summed E-state index contributed by atoms with van der Waals surface area (Å²) in [6.07, 6.45) is 3.80. The van der Waals surface area contributed by atoms with E-state index in [4.69, 9.17) is 4.74 Å². The summed E-state index contributed by atoms with van der Waals surface area (Å²) in [5.41, 5.74) is 0. The summed E-state index contributed by atoms with van der Waals surface area (Å²) in [5.74, 6) is 1.16. The van der Waals surface area contributed by atoms with Gasteiger partial charge in [-0.1, -0.05) is 15.9 Å². The molecule has 1 fully saturated rings. The molecular weight excluding hydrogens is 294 g/mol. The number of halogens is 1. The maximum Gasteiger partial charge on any atom is 0.311 e. The lowest BCUT2D eigenvalue weighted by molar-refractivity contribution is -0.134. The van der Waals surface area contributed by atoms with Crippen LogP contribution in [0.15, 0.2) is 28.7 Å². The van der Waals surface area contributed by atoms with E-state index in [1.54, 1.807) is 12.1 Å². The molecule has 0 aromatic heterocycles. The highest BCUT2D eigenvalue weighted by atomic mass is 79.9. The Morgan fingerprint density at radius 2 is 1.94 bits per heavy atom. The van der Waals surface area contributed by atoms with Gasteiger partial charge in [0.05, 0.1) is 0 Å². The summed E-state index contributed by atoms with van der Waals surface area (Å²) in [4.78, 5) is 11.7. The maximum absolute atomic E-state index is 11.7. The van der Waals surface area contributed by atoms with Crippen LogP contribution in [0, 0.1) is 5.92 Å². The average Bonchev–Trinajstić information content (AvgIpc) is 2.40. The van der Waals surface area contributed by atoms with Crippen molar-refractivity contribution in [2.24, 2.45) is 5.92 Å². The van der Waals surface area contributed by atoms with E-state index in [0.29, 0.717) is 18.1 Å². The summed E-state index contributed by atoms with van der Waals surface area (Å²) in [5, 5.41) is 3.33. The summed E-state index contributed by atoms with van der Waals surface area (Å²) in [6.45, 7) is 2.15. The third kappa shape index (κ3) is 4.42. The van der Waals surface area contributed by atoms with E-state index in [1.165, 1.54) is 12.8 Å². The molecule has 2 rings (SSSR count). The molecule has 4 heteroatoms. The number of hydrogen-bond donors (Lipinski definition) is 1. The first kappa shape index (κ1) is 13.6. The topological polar surface area (TPSA) is 38.3 Å². The molecule has 0 unspecified atom stereocenters. The van der Waals surface area contributed by atoms with Crippen LogP contribution >= 0.6 is 15.9 Å². The predicted octanol–water partition coefficient (Wildman–Crippen LogP) is 3.13. The molecule has 18 heavy (non-hydrogen) atoms. The van der Waals surface area contributed by atoms with Crippen LogP contribution in [0.25, 0.3) is 0 Å². The lowest BCUT2D eigenvalue weighted by Crippen LogP contribution is -2.28. The summed E-state index contributed by atoms with van der Waals surface area (Å²) < 4.78 is 6.27. The fourth-order valence-electron chi connectivity index (χ4n) is 2.18. The average molecular weight is 312 g/mol. The Labute approximate surface area is 116 Å². The van der Waals surface area contributed by atoms with Crippen molar-refractivity contribution in [2.45, 2.75) is 25.7 Å². The van der Waals surface area contributed by atoms with E-state index in [9.17, 15) is 4.79 Å². The smallest absolute Gasteiger partial charge is 0.311 e. The third-order valence-corrected chi connectivity index (χ3v) is 3.79. The van der Waals surface area contributed by atoms with Crippen LogP contribution in [0.1, 0.15) is 25.7 Å². The van der Waals surface area contributed by atoms with Gasteiger partial charge in [-0.05, 0) is 62.5 Å². The van der Waals surface area contributed by atoms with Gasteiger partial charge >= 0.3 is 5.97 Å². The van der Waals surface area contributed by atoms with Crippen molar-refractivity contribution in [3.05, 3.63) is 28.7 Å². The number of carbonyl (C=O) groups is 1. The zero-order chi connectivity index (χ0) is 12.8. The Morgan fingerprint density at radius 1 is 1.28 bits per heavy atom. The molecule has 1 aliphatic rings. The molecule has 1 heterocycles. The van der Waals surface area contributed by atoms with E-state index in [-0.39, 0.29) is 5.97 Å². The van der Waals surface area contributed by atoms with E-state index < -0.39 is 0 Å². The van der Waals surface area contributed by atoms with Crippen molar-refractivity contribution in [2.75, 3.05) is 13.1 Å². The first-order chi connectivity index (χ1) is 8.74. The number of benzene rings is 1. The van der Waals surface area contributed by atoms with Crippen LogP contribution in [0.4, 0.5) is 0 Å². The van der Waals surface area contributed by atoms with Crippen LogP contribution in [0.3, 0.4) is 0 Å². The molecule has 0 spiro atoms. The van der Waals surface area contributed by atoms with Gasteiger partial charge in [0.1, 0.15) is 5.75 Å². The molecule has 1 aromatic carbocycles. The number of hydrogen-bond acceptors (Lipinski definition) is 3. The molecule has 0 bridgehead atoms. The van der Waals surface area contributed by atoms with Gasteiger partial charge in [0, 0.05) is 10.9 Å². The van der Waals surface area contributed by atoms with Crippen LogP contribution in [0.5, 0.6) is 5.75 Å². The summed E-state index contributed by atoms with van der Waals surface area (Å²) in [7, 11) is 0. The fraction of sp³-hybridized carbons (Fsp3) is 0.500. The number of ether oxygens (including phenoxy) is 1. The Balaban J connectivity index is 1.73. The Morgan fingerprint density at radius 3 is 2.61 bits per heavy atom. The van der Waals surface area contributed by atoms with Crippen molar-refractivity contribution in [3.63, 3.8) is 0 Å². The highest BCUT2D eigenvalue weighted by Gasteiger charge is 2.15. The second-order valence-electron chi connectivity index (χ2n) is 4.66. The van der Waals surface area contributed by atoms with Crippen LogP contribution in [0.2, 0.25) is 0 Å². The number of carbonyl (C=O) groups excluding carboxylic acids is 1. The molecular formula is C14H18BrNO2. The SMILES string of the molecule is O=C(CCC1CCNCC1)Oc1ccc(Br)cc1. The minimum Gasteiger partial charge on any atom is -0.427 e. The monoisotopic (exact) mass is 311 g/mol. The maximum atomic E-state index is 11.7. The second kappa shape index (κ2) is 6.90. The number of nitrogens with one attached hydrogen (secondary N) is 1. The molecule has 0 amide bonds. The van der Waals surface area contributed by atoms with Crippen molar-refractivity contribution >= 4 is 21.9 Å². The molecule has 98 valence electrons. The van der Waals surface area contributed by atoms with Crippen molar-refractivity contribution in [1.29, 1.82) is 0 Å². The van der Waals surface area contributed by atoms with E-state index in [0.717, 1.165) is 24.0 Å². The Bertz CT molecular complexity index is 385. The quantitative estimate of drug-likeness (QED) is 0.686. The van der Waals surface area contributed by atoms with Gasteiger partial charge < -0.3 is 10.1 Å². The van der Waals surface area contributed by atoms with Gasteiger partial charge in [-0.3, -0.25) is 4.79 Å². The lowest BCUT2D eigenvalue weighted by Gasteiger charge is -2.21. The first-order valence-electron chi connectivity index (χ1n) is 6.41. The van der Waals surface area contributed by atoms with Crippen LogP contribution < -0.4 is 10.1 Å². The number of piperidine rings is 1. The zero-order valence-electron chi connectivity index (χ0n) is 10.3. The van der Waals surface area contributed by atoms with E-state index in [2.05, 4.69) is 21.2 Å². The van der Waals surface area contributed by atoms with Crippen LogP contribution in [-0.4, -0.2) is 19.1 Å². The van der Waals surface area contributed by atoms with Gasteiger partial charge in [0.25, 0.3) is 0 Å². The van der Waals surface area contributed by atoms with Gasteiger partial charge in [-0.2, -0.15) is 0 Å². The van der Waals surface area contributed by atoms with Gasteiger partial charge in [-0.15, -0.1) is 0 Å². The third-order valence-electron chi connectivity index (χ3n) is 3.26. The molecule has 0 atom stereocenters. The minimum absolute atomic E-state index is 0.129. The highest BCUT2D eigenvalue weighted by molar-refractivity contribution is 9.10. The molecule has 1 saturated heterocycles. The van der Waals surface area contributed by atoms with E-state index >= 15 is 0 Å². The second-order valence-corrected chi connectivity index (χ2v) is 5.58. The van der Waals surface area contributed by atoms with E-state index in [1.807, 2.05) is 12.1 Å². The molecule has 0 aliphatic carbocycles. The fourth-order valence-corrected chi connectivity index (χ4v) is 2.44. The number of rotatable bonds is 4. The number of esters is 1. The zero-order valence-corrected chi connectivity index (χ0v) is 11.9. The van der Waals surface area contributed by atoms with Crippen molar-refractivity contribution < 1.29 is 9.53 Å². The molecule has 0 radical (unpaired) electrons. The van der Waals surface area contributed by atoms with Gasteiger partial charge in [0.15, 0.2) is 0 Å². The molecule has 1 aliphatic heterocycles. The summed E-state index contributed by atoms with van der Waals surface area (Å²) in [6, 6.07) is 7.34. The van der Waals surface area contributed by atoms with Gasteiger partial charge in [0.2, 0.25) is 0 Å². The highest BCUT2D eigenvalue weighted by Crippen LogP contribution is 2.20. The Hall–Kier alpha value is -0.870. The standard InChI is InChI=1S/C14H18BrNO2/c15-12-2-4-13(5-3-12)18-14(17)6-1-11-7-9-16-10-8-11/h2-5,11,16H,1,6-10H2. The molecule has 0 saturated carbocycles. The minimum atomic E-state index is -0.129.